The van der Waals surface area contributed by atoms with Gasteiger partial charge in [0.1, 0.15) is 0 Å². The van der Waals surface area contributed by atoms with Crippen molar-refractivity contribution in [2.45, 2.75) is 25.8 Å². The number of hydrogen-bond donors (Lipinski definition) is 1. The van der Waals surface area contributed by atoms with Crippen molar-refractivity contribution in [3.05, 3.63) is 24.3 Å². The normalized spacial score (nSPS) is 31.0. The summed E-state index contributed by atoms with van der Waals surface area (Å²) in [5.41, 5.74) is 7.00. The van der Waals surface area contributed by atoms with Crippen LogP contribution < -0.4 is 5.73 Å². The molecule has 2 atom stereocenters. The summed E-state index contributed by atoms with van der Waals surface area (Å²) in [6, 6.07) is 0.272. The fourth-order valence-electron chi connectivity index (χ4n) is 1.29. The Morgan fingerprint density at radius 2 is 2.40 bits per heavy atom. The van der Waals surface area contributed by atoms with Crippen molar-refractivity contribution >= 4 is 0 Å². The number of nitrogens with two attached hydrogens (primary N) is 1. The molecule has 0 fully saturated rings. The zero-order chi connectivity index (χ0) is 7.56. The predicted octanol–water partition coefficient (Wildman–Crippen LogP) is 1.86. The van der Waals surface area contributed by atoms with Gasteiger partial charge >= 0.3 is 0 Å². The van der Waals surface area contributed by atoms with Crippen LogP contribution in [-0.4, -0.2) is 6.04 Å². The van der Waals surface area contributed by atoms with Crippen molar-refractivity contribution in [3.63, 3.8) is 0 Å². The van der Waals surface area contributed by atoms with Crippen LogP contribution in [0.2, 0.25) is 0 Å². The molecule has 1 aliphatic carbocycles. The van der Waals surface area contributed by atoms with Gasteiger partial charge in [-0.05, 0) is 18.8 Å². The maximum absolute atomic E-state index is 5.69. The molecule has 0 aromatic heterocycles. The molecular weight excluding hydrogens is 122 g/mol. The second-order valence-corrected chi connectivity index (χ2v) is 2.90. The molecule has 0 bridgehead atoms. The fourth-order valence-corrected chi connectivity index (χ4v) is 1.29. The molecule has 56 valence electrons. The van der Waals surface area contributed by atoms with Crippen LogP contribution in [0.4, 0.5) is 0 Å². The Bertz CT molecular complexity index is 158. The lowest BCUT2D eigenvalue weighted by molar-refractivity contribution is 0.647. The molecule has 0 aliphatic heterocycles. The summed E-state index contributed by atoms with van der Waals surface area (Å²) in [5.74, 6) is 0.556. The van der Waals surface area contributed by atoms with E-state index in [-0.39, 0.29) is 6.04 Å². The van der Waals surface area contributed by atoms with E-state index < -0.39 is 0 Å². The van der Waals surface area contributed by atoms with E-state index in [0.717, 1.165) is 12.8 Å². The van der Waals surface area contributed by atoms with Gasteiger partial charge in [-0.3, -0.25) is 0 Å². The zero-order valence-corrected chi connectivity index (χ0v) is 6.51. The van der Waals surface area contributed by atoms with Crippen LogP contribution in [0.5, 0.6) is 0 Å². The molecule has 2 unspecified atom stereocenters. The number of rotatable bonds is 2. The van der Waals surface area contributed by atoms with E-state index in [9.17, 15) is 0 Å². The highest BCUT2D eigenvalue weighted by Crippen LogP contribution is 2.24. The number of allylic oxidation sites excluding steroid dienone is 2. The fraction of sp³-hybridized carbons (Fsp3) is 0.556. The largest absolute Gasteiger partial charge is 0.324 e. The Labute approximate surface area is 62.6 Å². The Hall–Kier alpha value is -0.560. The molecule has 1 heteroatoms. The molecule has 1 nitrogen and oxygen atoms in total. The molecule has 0 radical (unpaired) electrons. The molecule has 1 aliphatic rings. The third kappa shape index (κ3) is 1.48. The molecule has 0 heterocycles. The van der Waals surface area contributed by atoms with E-state index in [4.69, 9.17) is 5.73 Å². The highest BCUT2D eigenvalue weighted by atomic mass is 14.6. The Balaban J connectivity index is 2.46. The Morgan fingerprint density at radius 3 is 2.80 bits per heavy atom. The maximum Gasteiger partial charge on any atom is 0.0232 e. The quantitative estimate of drug-likeness (QED) is 0.577. The molecular formula is C9H15N. The third-order valence-corrected chi connectivity index (χ3v) is 2.10. The lowest BCUT2D eigenvalue weighted by Crippen LogP contribution is -2.15. The van der Waals surface area contributed by atoms with Gasteiger partial charge in [-0.25, -0.2) is 0 Å². The summed E-state index contributed by atoms with van der Waals surface area (Å²) in [4.78, 5) is 0. The summed E-state index contributed by atoms with van der Waals surface area (Å²) in [5, 5.41) is 0. The van der Waals surface area contributed by atoms with Crippen LogP contribution in [-0.2, 0) is 0 Å². The highest BCUT2D eigenvalue weighted by Gasteiger charge is 2.16. The summed E-state index contributed by atoms with van der Waals surface area (Å²) in [7, 11) is 0. The second kappa shape index (κ2) is 3.02. The van der Waals surface area contributed by atoms with Crippen molar-refractivity contribution in [2.75, 3.05) is 0 Å². The van der Waals surface area contributed by atoms with Crippen LogP contribution >= 0.6 is 0 Å². The van der Waals surface area contributed by atoms with E-state index in [0.29, 0.717) is 5.92 Å². The topological polar surface area (TPSA) is 26.0 Å². The van der Waals surface area contributed by atoms with E-state index in [1.807, 2.05) is 0 Å². The standard InChI is InChI=1S/C9H15N/c1-3-7(2)8-4-5-9(10)6-8/h4-5,8-9H,2-3,6,10H2,1H3. The minimum absolute atomic E-state index is 0.272. The summed E-state index contributed by atoms with van der Waals surface area (Å²) in [6.45, 7) is 6.12. The van der Waals surface area contributed by atoms with Crippen molar-refractivity contribution in [2.24, 2.45) is 11.7 Å². The van der Waals surface area contributed by atoms with E-state index in [1.54, 1.807) is 0 Å². The van der Waals surface area contributed by atoms with Crippen molar-refractivity contribution in [1.29, 1.82) is 0 Å². The second-order valence-electron chi connectivity index (χ2n) is 2.90. The highest BCUT2D eigenvalue weighted by molar-refractivity contribution is 5.17. The predicted molar refractivity (Wildman–Crippen MR) is 44.7 cm³/mol. The Morgan fingerprint density at radius 1 is 1.70 bits per heavy atom. The number of hydrogen-bond acceptors (Lipinski definition) is 1. The van der Waals surface area contributed by atoms with Crippen molar-refractivity contribution in [1.82, 2.24) is 0 Å². The molecule has 2 N–H and O–H groups in total. The zero-order valence-electron chi connectivity index (χ0n) is 6.51. The van der Waals surface area contributed by atoms with Crippen LogP contribution in [0.15, 0.2) is 24.3 Å². The van der Waals surface area contributed by atoms with E-state index >= 15 is 0 Å². The summed E-state index contributed by atoms with van der Waals surface area (Å²) in [6.07, 6.45) is 6.39. The smallest absolute Gasteiger partial charge is 0.0232 e. The van der Waals surface area contributed by atoms with Crippen LogP contribution in [0.3, 0.4) is 0 Å². The van der Waals surface area contributed by atoms with Gasteiger partial charge in [-0.15, -0.1) is 0 Å². The Kier molecular flexibility index (Phi) is 2.28. The van der Waals surface area contributed by atoms with Gasteiger partial charge < -0.3 is 5.73 Å². The van der Waals surface area contributed by atoms with Crippen molar-refractivity contribution in [3.8, 4) is 0 Å². The van der Waals surface area contributed by atoms with Gasteiger partial charge in [0, 0.05) is 6.04 Å². The summed E-state index contributed by atoms with van der Waals surface area (Å²) >= 11 is 0. The van der Waals surface area contributed by atoms with Gasteiger partial charge in [-0.1, -0.05) is 31.2 Å². The minimum atomic E-state index is 0.272. The molecule has 0 spiro atoms. The summed E-state index contributed by atoms with van der Waals surface area (Å²) < 4.78 is 0. The monoisotopic (exact) mass is 137 g/mol. The van der Waals surface area contributed by atoms with Gasteiger partial charge in [0.15, 0.2) is 0 Å². The first-order chi connectivity index (χ1) is 4.74. The lowest BCUT2D eigenvalue weighted by atomic mass is 9.97. The van der Waals surface area contributed by atoms with Gasteiger partial charge in [0.05, 0.1) is 0 Å². The van der Waals surface area contributed by atoms with Gasteiger partial charge in [-0.2, -0.15) is 0 Å². The first-order valence-corrected chi connectivity index (χ1v) is 3.85. The average Bonchev–Trinajstić information content (AvgIpc) is 2.34. The van der Waals surface area contributed by atoms with Crippen LogP contribution in [0.25, 0.3) is 0 Å². The average molecular weight is 137 g/mol. The first-order valence-electron chi connectivity index (χ1n) is 3.85. The molecule has 0 amide bonds. The van der Waals surface area contributed by atoms with E-state index in [1.165, 1.54) is 5.57 Å². The molecule has 0 saturated carbocycles. The van der Waals surface area contributed by atoms with Crippen molar-refractivity contribution < 1.29 is 0 Å². The molecule has 1 rings (SSSR count). The van der Waals surface area contributed by atoms with Crippen LogP contribution in [0, 0.1) is 5.92 Å². The first kappa shape index (κ1) is 7.55. The van der Waals surface area contributed by atoms with Gasteiger partial charge in [0.2, 0.25) is 0 Å². The van der Waals surface area contributed by atoms with E-state index in [2.05, 4.69) is 25.7 Å². The molecule has 10 heavy (non-hydrogen) atoms. The van der Waals surface area contributed by atoms with Crippen LogP contribution in [0.1, 0.15) is 19.8 Å². The molecule has 0 aromatic rings. The lowest BCUT2D eigenvalue weighted by Gasteiger charge is -2.09. The molecule has 0 aromatic carbocycles. The maximum atomic E-state index is 5.69. The van der Waals surface area contributed by atoms with Gasteiger partial charge in [0.25, 0.3) is 0 Å². The minimum Gasteiger partial charge on any atom is -0.324 e. The third-order valence-electron chi connectivity index (χ3n) is 2.10. The SMILES string of the molecule is C=C(CC)C1C=CC(N)C1. The molecule has 0 saturated heterocycles.